The van der Waals surface area contributed by atoms with Gasteiger partial charge in [-0.2, -0.15) is 0 Å². The van der Waals surface area contributed by atoms with Crippen molar-refractivity contribution >= 4 is 11.6 Å². The molecule has 0 bridgehead atoms. The smallest absolute Gasteiger partial charge is 0.137 e. The van der Waals surface area contributed by atoms with Gasteiger partial charge in [0, 0.05) is 25.5 Å². The second-order valence-corrected chi connectivity index (χ2v) is 5.22. The van der Waals surface area contributed by atoms with Crippen molar-refractivity contribution in [3.8, 4) is 5.75 Å². The summed E-state index contributed by atoms with van der Waals surface area (Å²) in [6.07, 6.45) is 4.68. The molecule has 0 aliphatic heterocycles. The number of aromatic nitrogens is 1. The molecule has 0 aliphatic carbocycles. The number of ether oxygens (including phenoxy) is 1. The first-order valence-corrected chi connectivity index (χ1v) is 6.96. The fourth-order valence-electron chi connectivity index (χ4n) is 2.07. The van der Waals surface area contributed by atoms with Gasteiger partial charge in [-0.15, -0.1) is 0 Å². The molecule has 0 unspecified atom stereocenters. The highest BCUT2D eigenvalue weighted by Gasteiger charge is 2.05. The molecular formula is C16H19ClN2O. The zero-order valence-corrected chi connectivity index (χ0v) is 12.6. The average Bonchev–Trinajstić information content (AvgIpc) is 2.46. The Balaban J connectivity index is 1.88. The van der Waals surface area contributed by atoms with E-state index in [9.17, 15) is 0 Å². The van der Waals surface area contributed by atoms with Crippen molar-refractivity contribution in [3.63, 3.8) is 0 Å². The Bertz CT molecular complexity index is 545. The Labute approximate surface area is 125 Å². The Hall–Kier alpha value is -1.58. The first-order valence-electron chi connectivity index (χ1n) is 6.59. The molecule has 0 spiro atoms. The summed E-state index contributed by atoms with van der Waals surface area (Å²) in [5.74, 6) is 0.717. The molecule has 0 atom stereocenters. The second-order valence-electron chi connectivity index (χ2n) is 4.81. The van der Waals surface area contributed by atoms with Crippen molar-refractivity contribution in [1.82, 2.24) is 9.88 Å². The third-order valence-corrected chi connectivity index (χ3v) is 3.50. The van der Waals surface area contributed by atoms with Gasteiger partial charge in [-0.25, -0.2) is 0 Å². The highest BCUT2D eigenvalue weighted by molar-refractivity contribution is 6.32. The largest absolute Gasteiger partial charge is 0.495 e. The number of hydrogen-bond donors (Lipinski definition) is 0. The number of halogens is 1. The Kier molecular flexibility index (Phi) is 5.39. The fourth-order valence-corrected chi connectivity index (χ4v) is 2.35. The molecule has 0 aliphatic rings. The van der Waals surface area contributed by atoms with Gasteiger partial charge in [-0.05, 0) is 48.9 Å². The molecule has 2 aromatic rings. The summed E-state index contributed by atoms with van der Waals surface area (Å²) in [5, 5.41) is 0.660. The molecule has 1 aromatic heterocycles. The maximum absolute atomic E-state index is 6.14. The van der Waals surface area contributed by atoms with E-state index in [4.69, 9.17) is 16.3 Å². The van der Waals surface area contributed by atoms with E-state index in [-0.39, 0.29) is 0 Å². The Morgan fingerprint density at radius 1 is 1.15 bits per heavy atom. The van der Waals surface area contributed by atoms with Gasteiger partial charge in [0.2, 0.25) is 0 Å². The molecule has 2 rings (SSSR count). The number of nitrogens with zero attached hydrogens (tertiary/aromatic N) is 2. The topological polar surface area (TPSA) is 25.4 Å². The summed E-state index contributed by atoms with van der Waals surface area (Å²) in [4.78, 5) is 6.30. The highest BCUT2D eigenvalue weighted by atomic mass is 35.5. The molecule has 106 valence electrons. The molecule has 0 N–H and O–H groups in total. The maximum Gasteiger partial charge on any atom is 0.137 e. The van der Waals surface area contributed by atoms with Crippen LogP contribution < -0.4 is 4.74 Å². The minimum atomic E-state index is 0.660. The van der Waals surface area contributed by atoms with Gasteiger partial charge in [0.1, 0.15) is 5.75 Å². The number of methoxy groups -OCH3 is 1. The van der Waals surface area contributed by atoms with Crippen LogP contribution in [0.25, 0.3) is 0 Å². The zero-order chi connectivity index (χ0) is 14.4. The van der Waals surface area contributed by atoms with Crippen molar-refractivity contribution < 1.29 is 4.74 Å². The molecule has 3 nitrogen and oxygen atoms in total. The van der Waals surface area contributed by atoms with Gasteiger partial charge in [0.25, 0.3) is 0 Å². The monoisotopic (exact) mass is 290 g/mol. The maximum atomic E-state index is 6.14. The Morgan fingerprint density at radius 3 is 2.55 bits per heavy atom. The van der Waals surface area contributed by atoms with Crippen LogP contribution >= 0.6 is 11.6 Å². The molecule has 20 heavy (non-hydrogen) atoms. The van der Waals surface area contributed by atoms with Crippen molar-refractivity contribution in [3.05, 3.63) is 58.9 Å². The molecule has 0 saturated carbocycles. The average molecular weight is 291 g/mol. The quantitative estimate of drug-likeness (QED) is 0.815. The predicted molar refractivity (Wildman–Crippen MR) is 82.3 cm³/mol. The number of hydrogen-bond acceptors (Lipinski definition) is 3. The molecule has 1 heterocycles. The van der Waals surface area contributed by atoms with Crippen LogP contribution in [0.4, 0.5) is 0 Å². The third-order valence-electron chi connectivity index (χ3n) is 3.20. The van der Waals surface area contributed by atoms with Gasteiger partial charge >= 0.3 is 0 Å². The summed E-state index contributed by atoms with van der Waals surface area (Å²) >= 11 is 6.14. The lowest BCUT2D eigenvalue weighted by molar-refractivity contribution is 0.331. The van der Waals surface area contributed by atoms with E-state index in [1.165, 1.54) is 11.1 Å². The van der Waals surface area contributed by atoms with E-state index in [1.807, 2.05) is 30.6 Å². The van der Waals surface area contributed by atoms with E-state index in [0.29, 0.717) is 5.02 Å². The highest BCUT2D eigenvalue weighted by Crippen LogP contribution is 2.25. The van der Waals surface area contributed by atoms with E-state index in [0.717, 1.165) is 25.3 Å². The standard InChI is InChI=1S/C16H19ClN2O/c1-19(10-7-13-5-8-18-9-6-13)12-14-3-4-16(20-2)15(17)11-14/h3-6,8-9,11H,7,10,12H2,1-2H3. The lowest BCUT2D eigenvalue weighted by Gasteiger charge is -2.17. The van der Waals surface area contributed by atoms with E-state index in [2.05, 4.69) is 29.1 Å². The first kappa shape index (κ1) is 14.8. The molecule has 0 amide bonds. The number of likely N-dealkylation sites (N-methyl/N-ethyl adjacent to an activating group) is 1. The first-order chi connectivity index (χ1) is 9.69. The number of pyridine rings is 1. The number of benzene rings is 1. The molecule has 0 radical (unpaired) electrons. The second kappa shape index (κ2) is 7.27. The molecule has 1 aromatic carbocycles. The van der Waals surface area contributed by atoms with E-state index < -0.39 is 0 Å². The molecular weight excluding hydrogens is 272 g/mol. The molecule has 0 saturated heterocycles. The molecule has 4 heteroatoms. The van der Waals surface area contributed by atoms with Gasteiger partial charge in [-0.3, -0.25) is 4.98 Å². The van der Waals surface area contributed by atoms with Crippen molar-refractivity contribution in [2.75, 3.05) is 20.7 Å². The minimum Gasteiger partial charge on any atom is -0.495 e. The minimum absolute atomic E-state index is 0.660. The SMILES string of the molecule is COc1ccc(CN(C)CCc2ccncc2)cc1Cl. The third kappa shape index (κ3) is 4.22. The predicted octanol–water partition coefficient (Wildman–Crippen LogP) is 3.42. The summed E-state index contributed by atoms with van der Waals surface area (Å²) in [6.45, 7) is 1.86. The van der Waals surface area contributed by atoms with E-state index >= 15 is 0 Å². The molecule has 0 fully saturated rings. The van der Waals surface area contributed by atoms with Crippen LogP contribution in [0.15, 0.2) is 42.7 Å². The normalized spacial score (nSPS) is 10.8. The van der Waals surface area contributed by atoms with Crippen LogP contribution in [0.2, 0.25) is 5.02 Å². The van der Waals surface area contributed by atoms with Gasteiger partial charge in [0.05, 0.1) is 12.1 Å². The Morgan fingerprint density at radius 2 is 1.90 bits per heavy atom. The van der Waals surface area contributed by atoms with Crippen molar-refractivity contribution in [1.29, 1.82) is 0 Å². The van der Waals surface area contributed by atoms with Crippen LogP contribution in [0.5, 0.6) is 5.75 Å². The van der Waals surface area contributed by atoms with Gasteiger partial charge in [0.15, 0.2) is 0 Å². The van der Waals surface area contributed by atoms with Gasteiger partial charge in [-0.1, -0.05) is 17.7 Å². The van der Waals surface area contributed by atoms with Crippen LogP contribution in [-0.4, -0.2) is 30.6 Å². The number of rotatable bonds is 6. The summed E-state index contributed by atoms with van der Waals surface area (Å²) in [5.41, 5.74) is 2.49. The van der Waals surface area contributed by atoms with Crippen molar-refractivity contribution in [2.45, 2.75) is 13.0 Å². The lowest BCUT2D eigenvalue weighted by Crippen LogP contribution is -2.20. The fraction of sp³-hybridized carbons (Fsp3) is 0.312. The summed E-state index contributed by atoms with van der Waals surface area (Å²) in [6, 6.07) is 10.0. The van der Waals surface area contributed by atoms with Gasteiger partial charge < -0.3 is 9.64 Å². The van der Waals surface area contributed by atoms with Crippen molar-refractivity contribution in [2.24, 2.45) is 0 Å². The van der Waals surface area contributed by atoms with E-state index in [1.54, 1.807) is 7.11 Å². The van der Waals surface area contributed by atoms with Crippen LogP contribution in [0, 0.1) is 0 Å². The van der Waals surface area contributed by atoms with Crippen LogP contribution in [0.3, 0.4) is 0 Å². The van der Waals surface area contributed by atoms with Crippen LogP contribution in [0.1, 0.15) is 11.1 Å². The lowest BCUT2D eigenvalue weighted by atomic mass is 10.1. The zero-order valence-electron chi connectivity index (χ0n) is 11.8. The summed E-state index contributed by atoms with van der Waals surface area (Å²) in [7, 11) is 3.74. The van der Waals surface area contributed by atoms with Crippen LogP contribution in [-0.2, 0) is 13.0 Å². The summed E-state index contributed by atoms with van der Waals surface area (Å²) < 4.78 is 5.16.